The van der Waals surface area contributed by atoms with Crippen LogP contribution in [0.1, 0.15) is 35.4 Å². The third-order valence-corrected chi connectivity index (χ3v) is 5.78. The van der Waals surface area contributed by atoms with Crippen molar-refractivity contribution in [3.63, 3.8) is 0 Å². The van der Waals surface area contributed by atoms with Gasteiger partial charge in [-0.1, -0.05) is 12.1 Å². The Morgan fingerprint density at radius 2 is 1.97 bits per heavy atom. The Morgan fingerprint density at radius 1 is 1.17 bits per heavy atom. The summed E-state index contributed by atoms with van der Waals surface area (Å²) in [7, 11) is 0. The first-order valence-electron chi connectivity index (χ1n) is 9.45. The summed E-state index contributed by atoms with van der Waals surface area (Å²) < 4.78 is 6.85. The van der Waals surface area contributed by atoms with Crippen LogP contribution in [0.4, 0.5) is 5.69 Å². The summed E-state index contributed by atoms with van der Waals surface area (Å²) in [6, 6.07) is 7.08. The van der Waals surface area contributed by atoms with Crippen LogP contribution < -0.4 is 10.6 Å². The second kappa shape index (κ2) is 7.83. The quantitative estimate of drug-likeness (QED) is 0.601. The molecule has 1 amide bonds. The van der Waals surface area contributed by atoms with Gasteiger partial charge in [0.15, 0.2) is 4.96 Å². The SMILES string of the molecule is Cc1ccc(C)c(N2N=C(C(=O)OCc3cc(=O)n4c(C)csc4n3)CCC2=O)c1. The number of anilines is 1. The van der Waals surface area contributed by atoms with Crippen molar-refractivity contribution >= 4 is 39.6 Å². The minimum atomic E-state index is -0.623. The molecule has 3 heterocycles. The highest BCUT2D eigenvalue weighted by Gasteiger charge is 2.27. The number of esters is 1. The number of thiazole rings is 1. The topological polar surface area (TPSA) is 93.3 Å². The van der Waals surface area contributed by atoms with Gasteiger partial charge in [0, 0.05) is 30.0 Å². The van der Waals surface area contributed by atoms with Crippen molar-refractivity contribution in [1.29, 1.82) is 0 Å². The van der Waals surface area contributed by atoms with E-state index in [0.29, 0.717) is 16.3 Å². The molecular weight excluding hydrogens is 404 g/mol. The van der Waals surface area contributed by atoms with Gasteiger partial charge in [-0.2, -0.15) is 10.1 Å². The Bertz CT molecular complexity index is 1260. The summed E-state index contributed by atoms with van der Waals surface area (Å²) in [4.78, 5) is 42.1. The molecule has 0 radical (unpaired) electrons. The van der Waals surface area contributed by atoms with Crippen LogP contribution in [0.5, 0.6) is 0 Å². The fourth-order valence-electron chi connectivity index (χ4n) is 3.23. The van der Waals surface area contributed by atoms with Crippen LogP contribution >= 0.6 is 11.3 Å². The van der Waals surface area contributed by atoms with Crippen molar-refractivity contribution in [3.05, 3.63) is 62.5 Å². The van der Waals surface area contributed by atoms with E-state index in [9.17, 15) is 14.4 Å². The van der Waals surface area contributed by atoms with E-state index in [4.69, 9.17) is 4.74 Å². The van der Waals surface area contributed by atoms with E-state index in [2.05, 4.69) is 10.1 Å². The summed E-state index contributed by atoms with van der Waals surface area (Å²) in [5, 5.41) is 7.37. The van der Waals surface area contributed by atoms with Crippen LogP contribution in [-0.4, -0.2) is 27.0 Å². The van der Waals surface area contributed by atoms with Crippen molar-refractivity contribution in [2.24, 2.45) is 5.10 Å². The van der Waals surface area contributed by atoms with Gasteiger partial charge in [-0.25, -0.2) is 9.78 Å². The standard InChI is InChI=1S/C21H20N4O4S/c1-12-4-5-13(2)17(8-12)25-18(26)7-6-16(23-25)20(28)29-10-15-9-19(27)24-14(3)11-30-21(24)22-15/h4-5,8-9,11H,6-7,10H2,1-3H3. The van der Waals surface area contributed by atoms with Crippen molar-refractivity contribution in [2.45, 2.75) is 40.2 Å². The number of ether oxygens (including phenoxy) is 1. The van der Waals surface area contributed by atoms with Crippen molar-refractivity contribution in [1.82, 2.24) is 9.38 Å². The Labute approximate surface area is 176 Å². The fraction of sp³-hybridized carbons (Fsp3) is 0.286. The first-order valence-corrected chi connectivity index (χ1v) is 10.3. The molecule has 0 N–H and O–H groups in total. The molecule has 4 rings (SSSR count). The molecule has 0 unspecified atom stereocenters. The maximum Gasteiger partial charge on any atom is 0.354 e. The molecule has 2 aromatic heterocycles. The number of benzene rings is 1. The number of fused-ring (bicyclic) bond motifs is 1. The molecule has 0 spiro atoms. The first kappa shape index (κ1) is 20.0. The summed E-state index contributed by atoms with van der Waals surface area (Å²) in [5.74, 6) is -0.796. The second-order valence-electron chi connectivity index (χ2n) is 7.20. The van der Waals surface area contributed by atoms with E-state index in [1.807, 2.05) is 44.4 Å². The summed E-state index contributed by atoms with van der Waals surface area (Å²) in [6.07, 6.45) is 0.375. The van der Waals surface area contributed by atoms with E-state index in [-0.39, 0.29) is 36.6 Å². The highest BCUT2D eigenvalue weighted by atomic mass is 32.1. The zero-order valence-corrected chi connectivity index (χ0v) is 17.7. The zero-order chi connectivity index (χ0) is 21.4. The number of aryl methyl sites for hydroxylation is 3. The van der Waals surface area contributed by atoms with Crippen molar-refractivity contribution in [3.8, 4) is 0 Å². The van der Waals surface area contributed by atoms with Crippen LogP contribution in [0.2, 0.25) is 0 Å². The average Bonchev–Trinajstić information content (AvgIpc) is 3.09. The number of hydrogen-bond donors (Lipinski definition) is 0. The fourth-order valence-corrected chi connectivity index (χ4v) is 4.12. The predicted octanol–water partition coefficient (Wildman–Crippen LogP) is 2.91. The lowest BCUT2D eigenvalue weighted by Crippen LogP contribution is -2.35. The molecule has 0 saturated heterocycles. The van der Waals surface area contributed by atoms with Gasteiger partial charge >= 0.3 is 5.97 Å². The van der Waals surface area contributed by atoms with Gasteiger partial charge in [0.05, 0.1) is 11.4 Å². The largest absolute Gasteiger partial charge is 0.455 e. The van der Waals surface area contributed by atoms with Gasteiger partial charge in [-0.05, 0) is 38.0 Å². The minimum absolute atomic E-state index is 0.141. The minimum Gasteiger partial charge on any atom is -0.455 e. The number of carbonyl (C=O) groups is 2. The molecule has 1 aliphatic rings. The highest BCUT2D eigenvalue weighted by molar-refractivity contribution is 7.15. The zero-order valence-electron chi connectivity index (χ0n) is 16.8. The molecule has 0 fully saturated rings. The normalized spacial score (nSPS) is 14.2. The molecule has 1 aliphatic heterocycles. The number of rotatable bonds is 4. The average molecular weight is 424 g/mol. The Morgan fingerprint density at radius 3 is 2.77 bits per heavy atom. The molecule has 8 nitrogen and oxygen atoms in total. The van der Waals surface area contributed by atoms with Crippen molar-refractivity contribution in [2.75, 3.05) is 5.01 Å². The second-order valence-corrected chi connectivity index (χ2v) is 8.04. The summed E-state index contributed by atoms with van der Waals surface area (Å²) in [5.41, 5.74) is 3.66. The molecule has 30 heavy (non-hydrogen) atoms. The van der Waals surface area contributed by atoms with Crippen LogP contribution in [0.25, 0.3) is 4.96 Å². The lowest BCUT2D eigenvalue weighted by molar-refractivity contribution is -0.137. The summed E-state index contributed by atoms with van der Waals surface area (Å²) in [6.45, 7) is 5.50. The van der Waals surface area contributed by atoms with Crippen LogP contribution in [0.15, 0.2) is 39.5 Å². The number of amides is 1. The molecule has 3 aromatic rings. The molecular formula is C21H20N4O4S. The molecule has 0 aliphatic carbocycles. The van der Waals surface area contributed by atoms with Crippen molar-refractivity contribution < 1.29 is 14.3 Å². The van der Waals surface area contributed by atoms with Crippen LogP contribution in [0, 0.1) is 20.8 Å². The molecule has 154 valence electrons. The Balaban J connectivity index is 1.53. The molecule has 9 heteroatoms. The van der Waals surface area contributed by atoms with E-state index in [1.165, 1.54) is 26.8 Å². The Kier molecular flexibility index (Phi) is 5.21. The molecule has 0 atom stereocenters. The Hall–Kier alpha value is -3.33. The third-order valence-electron chi connectivity index (χ3n) is 4.84. The maximum atomic E-state index is 12.6. The smallest absolute Gasteiger partial charge is 0.354 e. The van der Waals surface area contributed by atoms with E-state index >= 15 is 0 Å². The molecule has 0 bridgehead atoms. The lowest BCUT2D eigenvalue weighted by atomic mass is 10.1. The first-order chi connectivity index (χ1) is 14.3. The third kappa shape index (κ3) is 3.76. The van der Waals surface area contributed by atoms with Gasteiger partial charge in [0.2, 0.25) is 5.91 Å². The number of hydrazone groups is 1. The summed E-state index contributed by atoms with van der Waals surface area (Å²) >= 11 is 1.35. The maximum absolute atomic E-state index is 12.6. The monoisotopic (exact) mass is 424 g/mol. The lowest BCUT2D eigenvalue weighted by Gasteiger charge is -2.24. The van der Waals surface area contributed by atoms with E-state index in [0.717, 1.165) is 16.8 Å². The predicted molar refractivity (Wildman–Crippen MR) is 114 cm³/mol. The number of carbonyl (C=O) groups excluding carboxylic acids is 2. The van der Waals surface area contributed by atoms with Gasteiger partial charge in [-0.15, -0.1) is 11.3 Å². The van der Waals surface area contributed by atoms with Gasteiger partial charge < -0.3 is 4.74 Å². The highest BCUT2D eigenvalue weighted by Crippen LogP contribution is 2.25. The number of hydrogen-bond acceptors (Lipinski definition) is 7. The van der Waals surface area contributed by atoms with Gasteiger partial charge in [-0.3, -0.25) is 14.0 Å². The van der Waals surface area contributed by atoms with E-state index in [1.54, 1.807) is 0 Å². The van der Waals surface area contributed by atoms with E-state index < -0.39 is 5.97 Å². The van der Waals surface area contributed by atoms with Gasteiger partial charge in [0.25, 0.3) is 5.56 Å². The molecule has 1 aromatic carbocycles. The van der Waals surface area contributed by atoms with Gasteiger partial charge in [0.1, 0.15) is 12.3 Å². The van der Waals surface area contributed by atoms with Crippen LogP contribution in [-0.2, 0) is 20.9 Å². The molecule has 0 saturated carbocycles. The number of aromatic nitrogens is 2. The van der Waals surface area contributed by atoms with Crippen LogP contribution in [0.3, 0.4) is 0 Å². The number of nitrogens with zero attached hydrogens (tertiary/aromatic N) is 4.